The van der Waals surface area contributed by atoms with Crippen molar-refractivity contribution in [2.45, 2.75) is 31.7 Å². The normalized spacial score (nSPS) is 24.9. The van der Waals surface area contributed by atoms with Crippen LogP contribution in [-0.4, -0.2) is 53.8 Å². The lowest BCUT2D eigenvalue weighted by atomic mass is 9.85. The zero-order valence-corrected chi connectivity index (χ0v) is 14.8. The Hall–Kier alpha value is -1.11. The number of carbonyl (C=O) groups is 2. The third-order valence-electron chi connectivity index (χ3n) is 4.71. The molecule has 2 unspecified atom stereocenters. The average molecular weight is 358 g/mol. The predicted octanol–water partition coefficient (Wildman–Crippen LogP) is 1.97. The summed E-state index contributed by atoms with van der Waals surface area (Å²) in [5, 5.41) is 3.79. The summed E-state index contributed by atoms with van der Waals surface area (Å²) in [6.45, 7) is 2.53. The van der Waals surface area contributed by atoms with Crippen molar-refractivity contribution < 1.29 is 9.59 Å². The molecule has 2 atom stereocenters. The van der Waals surface area contributed by atoms with Crippen LogP contribution in [0.5, 0.6) is 0 Å². The standard InChI is InChI=1S/C16H23N3O2S.ClH/c17-14-3-1-2-12(10-14)15(20)18-5-7-19(8-6-18)16(21)13-4-9-22-11-13;/h4,9,11-12,14H,1-3,5-8,10,17H2;1H. The second kappa shape index (κ2) is 8.13. The number of hydrogen-bond donors (Lipinski definition) is 1. The van der Waals surface area contributed by atoms with Gasteiger partial charge in [0, 0.05) is 43.5 Å². The van der Waals surface area contributed by atoms with Crippen LogP contribution in [0.4, 0.5) is 0 Å². The third-order valence-corrected chi connectivity index (χ3v) is 5.39. The summed E-state index contributed by atoms with van der Waals surface area (Å²) < 4.78 is 0. The Kier molecular flexibility index (Phi) is 6.44. The summed E-state index contributed by atoms with van der Waals surface area (Å²) in [5.41, 5.74) is 6.74. The zero-order chi connectivity index (χ0) is 15.5. The fourth-order valence-corrected chi connectivity index (χ4v) is 4.04. The maximum absolute atomic E-state index is 12.6. The van der Waals surface area contributed by atoms with Crippen LogP contribution in [0.3, 0.4) is 0 Å². The number of halogens is 1. The topological polar surface area (TPSA) is 66.6 Å². The van der Waals surface area contributed by atoms with Gasteiger partial charge >= 0.3 is 0 Å². The highest BCUT2D eigenvalue weighted by molar-refractivity contribution is 7.08. The number of thiophene rings is 1. The van der Waals surface area contributed by atoms with E-state index in [1.165, 1.54) is 11.3 Å². The molecule has 1 saturated carbocycles. The van der Waals surface area contributed by atoms with Crippen LogP contribution in [0, 0.1) is 5.92 Å². The van der Waals surface area contributed by atoms with E-state index >= 15 is 0 Å². The molecule has 5 nitrogen and oxygen atoms in total. The van der Waals surface area contributed by atoms with Gasteiger partial charge in [0.1, 0.15) is 0 Å². The molecule has 1 aliphatic heterocycles. The molecule has 2 aliphatic rings. The van der Waals surface area contributed by atoms with Crippen molar-refractivity contribution >= 4 is 35.6 Å². The molecule has 2 fully saturated rings. The number of amides is 2. The lowest BCUT2D eigenvalue weighted by Gasteiger charge is -2.37. The van der Waals surface area contributed by atoms with Gasteiger partial charge in [-0.3, -0.25) is 9.59 Å². The molecule has 0 spiro atoms. The van der Waals surface area contributed by atoms with Gasteiger partial charge in [0.15, 0.2) is 0 Å². The summed E-state index contributed by atoms with van der Waals surface area (Å²) in [4.78, 5) is 28.6. The fourth-order valence-electron chi connectivity index (χ4n) is 3.41. The molecule has 1 aromatic rings. The van der Waals surface area contributed by atoms with Gasteiger partial charge in [0.05, 0.1) is 5.56 Å². The van der Waals surface area contributed by atoms with Crippen LogP contribution < -0.4 is 5.73 Å². The molecule has 23 heavy (non-hydrogen) atoms. The minimum atomic E-state index is 0. The minimum Gasteiger partial charge on any atom is -0.339 e. The van der Waals surface area contributed by atoms with Crippen molar-refractivity contribution in [2.24, 2.45) is 11.7 Å². The maximum atomic E-state index is 12.6. The lowest BCUT2D eigenvalue weighted by molar-refractivity contribution is -0.138. The number of piperazine rings is 1. The number of nitrogens with zero attached hydrogens (tertiary/aromatic N) is 2. The monoisotopic (exact) mass is 357 g/mol. The number of hydrogen-bond acceptors (Lipinski definition) is 4. The molecule has 1 saturated heterocycles. The lowest BCUT2D eigenvalue weighted by Crippen LogP contribution is -2.52. The van der Waals surface area contributed by atoms with Gasteiger partial charge in [-0.05, 0) is 30.7 Å². The van der Waals surface area contributed by atoms with E-state index in [0.717, 1.165) is 31.2 Å². The average Bonchev–Trinajstić information content (AvgIpc) is 3.08. The molecular formula is C16H24ClN3O2S. The van der Waals surface area contributed by atoms with E-state index < -0.39 is 0 Å². The molecule has 0 radical (unpaired) electrons. The largest absolute Gasteiger partial charge is 0.339 e. The van der Waals surface area contributed by atoms with Crippen LogP contribution >= 0.6 is 23.7 Å². The highest BCUT2D eigenvalue weighted by Crippen LogP contribution is 2.25. The number of nitrogens with two attached hydrogens (primary N) is 1. The second-order valence-corrected chi connectivity index (χ2v) is 7.03. The number of rotatable bonds is 2. The Balaban J connectivity index is 0.00000192. The van der Waals surface area contributed by atoms with E-state index in [4.69, 9.17) is 5.73 Å². The number of carbonyl (C=O) groups excluding carboxylic acids is 2. The first-order valence-electron chi connectivity index (χ1n) is 8.01. The van der Waals surface area contributed by atoms with Gasteiger partial charge in [0.25, 0.3) is 5.91 Å². The summed E-state index contributed by atoms with van der Waals surface area (Å²) >= 11 is 1.53. The van der Waals surface area contributed by atoms with Gasteiger partial charge in [-0.2, -0.15) is 11.3 Å². The zero-order valence-electron chi connectivity index (χ0n) is 13.1. The fraction of sp³-hybridized carbons (Fsp3) is 0.625. The summed E-state index contributed by atoms with van der Waals surface area (Å²) in [6.07, 6.45) is 3.86. The van der Waals surface area contributed by atoms with E-state index in [0.29, 0.717) is 26.2 Å². The molecule has 0 bridgehead atoms. The van der Waals surface area contributed by atoms with Crippen molar-refractivity contribution in [2.75, 3.05) is 26.2 Å². The first-order valence-corrected chi connectivity index (χ1v) is 8.95. The van der Waals surface area contributed by atoms with Crippen molar-refractivity contribution in [3.63, 3.8) is 0 Å². The van der Waals surface area contributed by atoms with Crippen LogP contribution in [0.2, 0.25) is 0 Å². The van der Waals surface area contributed by atoms with Crippen LogP contribution in [0.25, 0.3) is 0 Å². The predicted molar refractivity (Wildman–Crippen MR) is 94.0 cm³/mol. The molecular weight excluding hydrogens is 334 g/mol. The summed E-state index contributed by atoms with van der Waals surface area (Å²) in [6, 6.07) is 2.03. The highest BCUT2D eigenvalue weighted by atomic mass is 35.5. The van der Waals surface area contributed by atoms with Crippen molar-refractivity contribution in [3.8, 4) is 0 Å². The van der Waals surface area contributed by atoms with E-state index in [2.05, 4.69) is 0 Å². The first kappa shape index (κ1) is 18.2. The Morgan fingerprint density at radius 1 is 1.13 bits per heavy atom. The SMILES string of the molecule is Cl.NC1CCCC(C(=O)N2CCN(C(=O)c3ccsc3)CC2)C1. The maximum Gasteiger partial charge on any atom is 0.254 e. The molecule has 2 heterocycles. The Morgan fingerprint density at radius 2 is 1.83 bits per heavy atom. The molecule has 7 heteroatoms. The Morgan fingerprint density at radius 3 is 2.43 bits per heavy atom. The second-order valence-electron chi connectivity index (χ2n) is 6.25. The van der Waals surface area contributed by atoms with Gasteiger partial charge in [0.2, 0.25) is 5.91 Å². The summed E-state index contributed by atoms with van der Waals surface area (Å²) in [7, 11) is 0. The smallest absolute Gasteiger partial charge is 0.254 e. The van der Waals surface area contributed by atoms with Crippen LogP contribution in [0.15, 0.2) is 16.8 Å². The Labute approximate surface area is 147 Å². The van der Waals surface area contributed by atoms with Crippen molar-refractivity contribution in [1.82, 2.24) is 9.80 Å². The molecule has 2 N–H and O–H groups in total. The summed E-state index contributed by atoms with van der Waals surface area (Å²) in [5.74, 6) is 0.397. The van der Waals surface area contributed by atoms with E-state index in [-0.39, 0.29) is 36.2 Å². The molecule has 2 amide bonds. The molecule has 0 aromatic carbocycles. The van der Waals surface area contributed by atoms with Gasteiger partial charge < -0.3 is 15.5 Å². The molecule has 1 aliphatic carbocycles. The molecule has 128 valence electrons. The third kappa shape index (κ3) is 4.25. The molecule has 3 rings (SSSR count). The van der Waals surface area contributed by atoms with Crippen LogP contribution in [-0.2, 0) is 4.79 Å². The van der Waals surface area contributed by atoms with Crippen molar-refractivity contribution in [1.29, 1.82) is 0 Å². The van der Waals surface area contributed by atoms with Crippen LogP contribution in [0.1, 0.15) is 36.0 Å². The van der Waals surface area contributed by atoms with E-state index in [1.54, 1.807) is 0 Å². The van der Waals surface area contributed by atoms with Gasteiger partial charge in [-0.15, -0.1) is 12.4 Å². The molecule has 1 aromatic heterocycles. The van der Waals surface area contributed by atoms with Gasteiger partial charge in [-0.1, -0.05) is 6.42 Å². The van der Waals surface area contributed by atoms with Crippen molar-refractivity contribution in [3.05, 3.63) is 22.4 Å². The Bertz CT molecular complexity index is 529. The minimum absolute atomic E-state index is 0. The first-order chi connectivity index (χ1) is 10.6. The highest BCUT2D eigenvalue weighted by Gasteiger charge is 2.31. The van der Waals surface area contributed by atoms with E-state index in [1.807, 2.05) is 26.6 Å². The van der Waals surface area contributed by atoms with E-state index in [9.17, 15) is 9.59 Å². The van der Waals surface area contributed by atoms with Gasteiger partial charge in [-0.25, -0.2) is 0 Å². The quantitative estimate of drug-likeness (QED) is 0.880.